The fourth-order valence-electron chi connectivity index (χ4n) is 2.68. The molecule has 0 aliphatic heterocycles. The van der Waals surface area contributed by atoms with Gasteiger partial charge in [0.1, 0.15) is 0 Å². The highest BCUT2D eigenvalue weighted by atomic mass is 32.2. The predicted molar refractivity (Wildman–Crippen MR) is 73.7 cm³/mol. The van der Waals surface area contributed by atoms with Crippen molar-refractivity contribution in [2.45, 2.75) is 48.6 Å². The van der Waals surface area contributed by atoms with Crippen molar-refractivity contribution in [1.82, 2.24) is 0 Å². The first-order chi connectivity index (χ1) is 9.88. The Morgan fingerprint density at radius 1 is 1.10 bits per heavy atom. The van der Waals surface area contributed by atoms with E-state index >= 15 is 0 Å². The predicted octanol–water partition coefficient (Wildman–Crippen LogP) is 5.53. The van der Waals surface area contributed by atoms with Crippen molar-refractivity contribution in [1.29, 1.82) is 0 Å². The monoisotopic (exact) mass is 325 g/mol. The van der Waals surface area contributed by atoms with Crippen molar-refractivity contribution >= 4 is 17.4 Å². The molecule has 0 radical (unpaired) electrons. The second-order valence-corrected chi connectivity index (χ2v) is 6.09. The summed E-state index contributed by atoms with van der Waals surface area (Å²) >= 11 is 0.345. The van der Waals surface area contributed by atoms with Gasteiger partial charge in [0.05, 0.1) is 5.92 Å². The molecule has 2 unspecified atom stereocenters. The normalized spacial score (nSPS) is 23.3. The number of benzene rings is 1. The first-order valence-corrected chi connectivity index (χ1v) is 7.63. The first kappa shape index (κ1) is 16.4. The molecular formula is C14H16F5NS. The third-order valence-electron chi connectivity index (χ3n) is 3.63. The van der Waals surface area contributed by atoms with E-state index in [-0.39, 0.29) is 11.3 Å². The molecule has 1 aromatic carbocycles. The van der Waals surface area contributed by atoms with Crippen molar-refractivity contribution in [3.63, 3.8) is 0 Å². The van der Waals surface area contributed by atoms with Gasteiger partial charge in [-0.3, -0.25) is 0 Å². The van der Waals surface area contributed by atoms with E-state index in [1.54, 1.807) is 18.2 Å². The number of rotatable bonds is 4. The molecule has 1 nitrogen and oxygen atoms in total. The number of nitrogens with one attached hydrogen (secondary N) is 1. The first-order valence-electron chi connectivity index (χ1n) is 6.75. The maximum atomic E-state index is 13.0. The van der Waals surface area contributed by atoms with Crippen LogP contribution >= 0.6 is 11.8 Å². The Balaban J connectivity index is 2.16. The van der Waals surface area contributed by atoms with E-state index in [0.29, 0.717) is 36.7 Å². The minimum Gasteiger partial charge on any atom is -0.381 e. The maximum absolute atomic E-state index is 13.0. The van der Waals surface area contributed by atoms with E-state index in [4.69, 9.17) is 0 Å². The molecular weight excluding hydrogens is 309 g/mol. The Kier molecular flexibility index (Phi) is 5.35. The van der Waals surface area contributed by atoms with E-state index in [1.165, 1.54) is 6.07 Å². The van der Waals surface area contributed by atoms with Gasteiger partial charge in [-0.1, -0.05) is 36.7 Å². The average Bonchev–Trinajstić information content (AvgIpc) is 2.40. The van der Waals surface area contributed by atoms with Crippen LogP contribution in [0.25, 0.3) is 0 Å². The van der Waals surface area contributed by atoms with E-state index < -0.39 is 23.9 Å². The van der Waals surface area contributed by atoms with Crippen LogP contribution in [0.5, 0.6) is 0 Å². The third-order valence-corrected chi connectivity index (χ3v) is 4.42. The third kappa shape index (κ3) is 4.49. The highest BCUT2D eigenvalue weighted by Gasteiger charge is 2.45. The molecule has 2 rings (SSSR count). The molecule has 1 N–H and O–H groups in total. The molecule has 1 saturated carbocycles. The van der Waals surface area contributed by atoms with Crippen LogP contribution in [0.1, 0.15) is 25.7 Å². The van der Waals surface area contributed by atoms with Crippen molar-refractivity contribution in [3.8, 4) is 0 Å². The number of hydrogen-bond acceptors (Lipinski definition) is 2. The van der Waals surface area contributed by atoms with Crippen molar-refractivity contribution in [3.05, 3.63) is 24.3 Å². The summed E-state index contributed by atoms with van der Waals surface area (Å²) in [6, 6.07) is 5.51. The summed E-state index contributed by atoms with van der Waals surface area (Å²) in [6.07, 6.45) is -2.50. The Bertz CT molecular complexity index is 463. The summed E-state index contributed by atoms with van der Waals surface area (Å²) in [5.74, 6) is -4.02. The number of halogens is 5. The van der Waals surface area contributed by atoms with Crippen LogP contribution in [0.4, 0.5) is 27.6 Å². The molecule has 7 heteroatoms. The highest BCUT2D eigenvalue weighted by molar-refractivity contribution is 7.99. The lowest BCUT2D eigenvalue weighted by Crippen LogP contribution is -2.41. The molecule has 0 spiro atoms. The van der Waals surface area contributed by atoms with Crippen LogP contribution in [-0.4, -0.2) is 18.0 Å². The van der Waals surface area contributed by atoms with Gasteiger partial charge in [-0.05, 0) is 25.0 Å². The fraction of sp³-hybridized carbons (Fsp3) is 0.571. The summed E-state index contributed by atoms with van der Waals surface area (Å²) in [6.45, 7) is 0. The molecule has 1 aromatic rings. The standard InChI is InChI=1S/C14H16F5NS/c15-13(16)21-12-8-4-3-7-11(12)20-10-6-2-1-5-9(10)14(17,18)19/h3-4,7-10,13,20H,1-2,5-6H2. The minimum absolute atomic E-state index is 0.0886. The molecule has 0 saturated heterocycles. The molecule has 1 aliphatic rings. The van der Waals surface area contributed by atoms with Crippen LogP contribution < -0.4 is 5.32 Å². The van der Waals surface area contributed by atoms with Gasteiger partial charge in [0.15, 0.2) is 0 Å². The lowest BCUT2D eigenvalue weighted by molar-refractivity contribution is -0.184. The van der Waals surface area contributed by atoms with Gasteiger partial charge >= 0.3 is 6.18 Å². The van der Waals surface area contributed by atoms with Gasteiger partial charge < -0.3 is 5.32 Å². The Morgan fingerprint density at radius 3 is 2.43 bits per heavy atom. The van der Waals surface area contributed by atoms with Crippen LogP contribution in [0.15, 0.2) is 29.2 Å². The molecule has 0 heterocycles. The van der Waals surface area contributed by atoms with Gasteiger partial charge in [0.25, 0.3) is 5.76 Å². The second-order valence-electron chi connectivity index (χ2n) is 5.06. The minimum atomic E-state index is -4.26. The SMILES string of the molecule is FC(F)Sc1ccccc1NC1CCCCC1C(F)(F)F. The summed E-state index contributed by atoms with van der Waals surface area (Å²) < 4.78 is 64.1. The quantitative estimate of drug-likeness (QED) is 0.576. The van der Waals surface area contributed by atoms with Crippen molar-refractivity contribution in [2.75, 3.05) is 5.32 Å². The average molecular weight is 325 g/mol. The molecule has 1 fully saturated rings. The van der Waals surface area contributed by atoms with Gasteiger partial charge in [0, 0.05) is 16.6 Å². The zero-order valence-electron chi connectivity index (χ0n) is 11.2. The summed E-state index contributed by atoms with van der Waals surface area (Å²) in [5, 5.41) is 2.84. The Hall–Kier alpha value is -0.980. The lowest BCUT2D eigenvalue weighted by Gasteiger charge is -2.34. The van der Waals surface area contributed by atoms with Crippen LogP contribution in [0.3, 0.4) is 0 Å². The van der Waals surface area contributed by atoms with Gasteiger partial charge in [-0.15, -0.1) is 0 Å². The van der Waals surface area contributed by atoms with Crippen LogP contribution in [0.2, 0.25) is 0 Å². The Morgan fingerprint density at radius 2 is 1.76 bits per heavy atom. The van der Waals surface area contributed by atoms with Crippen LogP contribution in [0, 0.1) is 5.92 Å². The number of para-hydroxylation sites is 1. The van der Waals surface area contributed by atoms with E-state index in [1.807, 2.05) is 0 Å². The summed E-state index contributed by atoms with van der Waals surface area (Å²) in [5.41, 5.74) is 0.351. The molecule has 0 aromatic heterocycles. The topological polar surface area (TPSA) is 12.0 Å². The van der Waals surface area contributed by atoms with Gasteiger partial charge in [0.2, 0.25) is 0 Å². The van der Waals surface area contributed by atoms with Crippen LogP contribution in [-0.2, 0) is 0 Å². The van der Waals surface area contributed by atoms with Gasteiger partial charge in [-0.25, -0.2) is 0 Å². The zero-order valence-corrected chi connectivity index (χ0v) is 12.0. The van der Waals surface area contributed by atoms with E-state index in [0.717, 1.165) is 0 Å². The van der Waals surface area contributed by atoms with Crippen molar-refractivity contribution in [2.24, 2.45) is 5.92 Å². The summed E-state index contributed by atoms with van der Waals surface area (Å²) in [4.78, 5) is 0.277. The molecule has 118 valence electrons. The summed E-state index contributed by atoms with van der Waals surface area (Å²) in [7, 11) is 0. The second kappa shape index (κ2) is 6.85. The fourth-order valence-corrected chi connectivity index (χ4v) is 3.28. The molecule has 1 aliphatic carbocycles. The Labute approximate surface area is 124 Å². The lowest BCUT2D eigenvalue weighted by atomic mass is 9.84. The largest absolute Gasteiger partial charge is 0.393 e. The number of alkyl halides is 5. The molecule has 21 heavy (non-hydrogen) atoms. The van der Waals surface area contributed by atoms with Gasteiger partial charge in [-0.2, -0.15) is 22.0 Å². The van der Waals surface area contributed by atoms with E-state index in [2.05, 4.69) is 5.32 Å². The molecule has 2 atom stereocenters. The zero-order chi connectivity index (χ0) is 15.5. The van der Waals surface area contributed by atoms with E-state index in [9.17, 15) is 22.0 Å². The highest BCUT2D eigenvalue weighted by Crippen LogP contribution is 2.40. The number of anilines is 1. The van der Waals surface area contributed by atoms with Crippen molar-refractivity contribution < 1.29 is 22.0 Å². The number of hydrogen-bond donors (Lipinski definition) is 1. The number of thioether (sulfide) groups is 1. The molecule has 0 amide bonds. The smallest absolute Gasteiger partial charge is 0.381 e. The maximum Gasteiger partial charge on any atom is 0.393 e. The molecule has 0 bridgehead atoms.